The van der Waals surface area contributed by atoms with Crippen molar-refractivity contribution in [2.24, 2.45) is 5.41 Å². The van der Waals surface area contributed by atoms with Gasteiger partial charge < -0.3 is 14.4 Å². The highest BCUT2D eigenvalue weighted by atomic mass is 16.5. The Bertz CT molecular complexity index is 210. The van der Waals surface area contributed by atoms with Crippen molar-refractivity contribution in [2.45, 2.75) is 32.8 Å². The molecule has 88 valence electrons. The fourth-order valence-corrected chi connectivity index (χ4v) is 2.30. The van der Waals surface area contributed by atoms with Gasteiger partial charge in [0, 0.05) is 31.7 Å². The van der Waals surface area contributed by atoms with E-state index in [1.54, 1.807) is 0 Å². The summed E-state index contributed by atoms with van der Waals surface area (Å²) in [7, 11) is 0. The number of ether oxygens (including phenoxy) is 2. The molecule has 3 heteroatoms. The van der Waals surface area contributed by atoms with Crippen molar-refractivity contribution in [3.8, 4) is 0 Å². The van der Waals surface area contributed by atoms with Crippen LogP contribution in [0.15, 0.2) is 0 Å². The van der Waals surface area contributed by atoms with Gasteiger partial charge in [0.1, 0.15) is 0 Å². The van der Waals surface area contributed by atoms with Crippen LogP contribution < -0.4 is 0 Å². The van der Waals surface area contributed by atoms with Crippen molar-refractivity contribution in [2.75, 3.05) is 39.5 Å². The first-order valence-electron chi connectivity index (χ1n) is 5.93. The van der Waals surface area contributed by atoms with Crippen molar-refractivity contribution in [1.82, 2.24) is 4.90 Å². The first-order valence-corrected chi connectivity index (χ1v) is 5.93. The number of hydrogen-bond donors (Lipinski definition) is 0. The second kappa shape index (κ2) is 4.04. The number of rotatable bonds is 4. The van der Waals surface area contributed by atoms with Crippen molar-refractivity contribution >= 4 is 0 Å². The fraction of sp³-hybridized carbons (Fsp3) is 1.00. The van der Waals surface area contributed by atoms with Crippen LogP contribution in [0.1, 0.15) is 27.2 Å². The smallest absolute Gasteiger partial charge is 0.0598 e. The van der Waals surface area contributed by atoms with Crippen molar-refractivity contribution in [1.29, 1.82) is 0 Å². The normalized spacial score (nSPS) is 25.0. The molecular weight excluding hydrogens is 190 g/mol. The maximum Gasteiger partial charge on any atom is 0.0598 e. The molecule has 0 bridgehead atoms. The zero-order chi connectivity index (χ0) is 10.9. The van der Waals surface area contributed by atoms with Gasteiger partial charge in [-0.2, -0.15) is 0 Å². The summed E-state index contributed by atoms with van der Waals surface area (Å²) in [4.78, 5) is 2.51. The van der Waals surface area contributed by atoms with Crippen molar-refractivity contribution in [3.63, 3.8) is 0 Å². The molecule has 2 aliphatic rings. The third-order valence-electron chi connectivity index (χ3n) is 3.09. The van der Waals surface area contributed by atoms with Gasteiger partial charge in [-0.25, -0.2) is 0 Å². The summed E-state index contributed by atoms with van der Waals surface area (Å²) < 4.78 is 10.9. The van der Waals surface area contributed by atoms with Gasteiger partial charge in [-0.1, -0.05) is 0 Å². The molecule has 2 aliphatic heterocycles. The molecule has 15 heavy (non-hydrogen) atoms. The van der Waals surface area contributed by atoms with E-state index in [-0.39, 0.29) is 5.60 Å². The Morgan fingerprint density at radius 2 is 1.93 bits per heavy atom. The molecule has 2 saturated heterocycles. The lowest BCUT2D eigenvalue weighted by Gasteiger charge is -2.55. The molecule has 0 unspecified atom stereocenters. The van der Waals surface area contributed by atoms with E-state index in [4.69, 9.17) is 9.47 Å². The van der Waals surface area contributed by atoms with Crippen LogP contribution in [0.5, 0.6) is 0 Å². The highest BCUT2D eigenvalue weighted by Crippen LogP contribution is 2.37. The van der Waals surface area contributed by atoms with Crippen LogP contribution in [0, 0.1) is 5.41 Å². The monoisotopic (exact) mass is 213 g/mol. The molecule has 0 saturated carbocycles. The van der Waals surface area contributed by atoms with E-state index < -0.39 is 0 Å². The molecule has 1 spiro atoms. The molecule has 0 aromatic carbocycles. The molecule has 0 aromatic rings. The summed E-state index contributed by atoms with van der Waals surface area (Å²) in [5, 5.41) is 0. The Morgan fingerprint density at radius 3 is 2.40 bits per heavy atom. The summed E-state index contributed by atoms with van der Waals surface area (Å²) in [5.41, 5.74) is 0.572. The molecule has 2 fully saturated rings. The topological polar surface area (TPSA) is 21.7 Å². The van der Waals surface area contributed by atoms with Crippen LogP contribution >= 0.6 is 0 Å². The van der Waals surface area contributed by atoms with Gasteiger partial charge in [-0.15, -0.1) is 0 Å². The summed E-state index contributed by atoms with van der Waals surface area (Å²) in [5.74, 6) is 0. The van der Waals surface area contributed by atoms with Crippen LogP contribution in [0.3, 0.4) is 0 Å². The fourth-order valence-electron chi connectivity index (χ4n) is 2.30. The van der Waals surface area contributed by atoms with Crippen LogP contribution in [0.25, 0.3) is 0 Å². The molecule has 0 amide bonds. The largest absolute Gasteiger partial charge is 0.380 e. The van der Waals surface area contributed by atoms with Gasteiger partial charge in [-0.05, 0) is 27.2 Å². The maximum atomic E-state index is 5.69. The molecule has 0 aromatic heterocycles. The van der Waals surface area contributed by atoms with E-state index in [0.717, 1.165) is 26.2 Å². The van der Waals surface area contributed by atoms with Crippen LogP contribution in [0.4, 0.5) is 0 Å². The number of hydrogen-bond acceptors (Lipinski definition) is 3. The van der Waals surface area contributed by atoms with E-state index in [0.29, 0.717) is 5.41 Å². The summed E-state index contributed by atoms with van der Waals surface area (Å²) in [6.07, 6.45) is 1.15. The average Bonchev–Trinajstić information content (AvgIpc) is 1.95. The molecule has 0 aliphatic carbocycles. The van der Waals surface area contributed by atoms with Crippen molar-refractivity contribution < 1.29 is 9.47 Å². The molecule has 0 N–H and O–H groups in total. The van der Waals surface area contributed by atoms with Gasteiger partial charge in [0.2, 0.25) is 0 Å². The minimum absolute atomic E-state index is 0.0119. The summed E-state index contributed by atoms with van der Waals surface area (Å²) in [6.45, 7) is 12.8. The minimum atomic E-state index is 0.0119. The van der Waals surface area contributed by atoms with E-state index >= 15 is 0 Å². The van der Waals surface area contributed by atoms with Crippen LogP contribution in [-0.2, 0) is 9.47 Å². The van der Waals surface area contributed by atoms with Gasteiger partial charge in [0.15, 0.2) is 0 Å². The zero-order valence-corrected chi connectivity index (χ0v) is 10.2. The second-order valence-electron chi connectivity index (χ2n) is 6.02. The SMILES string of the molecule is CC(C)(C)OCCCN1CC2(COC2)C1. The molecule has 0 atom stereocenters. The van der Waals surface area contributed by atoms with E-state index in [2.05, 4.69) is 25.7 Å². The summed E-state index contributed by atoms with van der Waals surface area (Å²) >= 11 is 0. The molecule has 0 radical (unpaired) electrons. The van der Waals surface area contributed by atoms with Crippen LogP contribution in [-0.4, -0.2) is 50.0 Å². The Balaban J connectivity index is 1.50. The molecule has 3 nitrogen and oxygen atoms in total. The van der Waals surface area contributed by atoms with Gasteiger partial charge in [0.25, 0.3) is 0 Å². The third kappa shape index (κ3) is 2.92. The molecule has 2 rings (SSSR count). The minimum Gasteiger partial charge on any atom is -0.380 e. The van der Waals surface area contributed by atoms with Gasteiger partial charge in [-0.3, -0.25) is 0 Å². The number of nitrogens with zero attached hydrogens (tertiary/aromatic N) is 1. The Hall–Kier alpha value is -0.120. The number of likely N-dealkylation sites (tertiary alicyclic amines) is 1. The van der Waals surface area contributed by atoms with E-state index in [9.17, 15) is 0 Å². The average molecular weight is 213 g/mol. The third-order valence-corrected chi connectivity index (χ3v) is 3.09. The predicted molar refractivity (Wildman–Crippen MR) is 60.0 cm³/mol. The lowest BCUT2D eigenvalue weighted by molar-refractivity contribution is -0.189. The zero-order valence-electron chi connectivity index (χ0n) is 10.2. The van der Waals surface area contributed by atoms with E-state index in [1.165, 1.54) is 19.6 Å². The quantitative estimate of drug-likeness (QED) is 0.661. The molecular formula is C12H23NO2. The molecule has 2 heterocycles. The second-order valence-corrected chi connectivity index (χ2v) is 6.02. The van der Waals surface area contributed by atoms with Gasteiger partial charge in [0.05, 0.1) is 18.8 Å². The van der Waals surface area contributed by atoms with Crippen LogP contribution in [0.2, 0.25) is 0 Å². The first kappa shape index (κ1) is 11.4. The standard InChI is InChI=1S/C12H23NO2/c1-11(2,3)15-6-4-5-13-7-12(8-13)9-14-10-12/h4-10H2,1-3H3. The summed E-state index contributed by atoms with van der Waals surface area (Å²) in [6, 6.07) is 0. The van der Waals surface area contributed by atoms with Crippen molar-refractivity contribution in [3.05, 3.63) is 0 Å². The maximum absolute atomic E-state index is 5.69. The highest BCUT2D eigenvalue weighted by Gasteiger charge is 2.48. The lowest BCUT2D eigenvalue weighted by Crippen LogP contribution is -2.65. The Kier molecular flexibility index (Phi) is 3.06. The Labute approximate surface area is 92.7 Å². The Morgan fingerprint density at radius 1 is 1.27 bits per heavy atom. The first-order chi connectivity index (χ1) is 6.99. The highest BCUT2D eigenvalue weighted by molar-refractivity contribution is 4.99. The predicted octanol–water partition coefficient (Wildman–Crippen LogP) is 1.52. The lowest BCUT2D eigenvalue weighted by atomic mass is 9.78. The van der Waals surface area contributed by atoms with Gasteiger partial charge >= 0.3 is 0 Å². The van der Waals surface area contributed by atoms with E-state index in [1.807, 2.05) is 0 Å².